The molecule has 1 amide bonds. The van der Waals surface area contributed by atoms with Crippen LogP contribution in [0.25, 0.3) is 0 Å². The number of benzene rings is 2. The van der Waals surface area contributed by atoms with Crippen LogP contribution in [0.3, 0.4) is 0 Å². The Morgan fingerprint density at radius 1 is 0.972 bits per heavy atom. The van der Waals surface area contributed by atoms with Crippen molar-refractivity contribution in [1.29, 1.82) is 0 Å². The standard InChI is InChI=1S/C28H36N2O6/c1-3-5-13-29(14-6-4-2)25(32)17-30-16-22(20-9-12-23-24(15-20)36-18-35-23)26(28(33)34)27(30)19-7-10-21(31)11-8-19/h7-12,15,22,26-27,31H,3-6,13-14,16-18H2,1-2H3,(H,33,34). The molecule has 0 spiro atoms. The summed E-state index contributed by atoms with van der Waals surface area (Å²) < 4.78 is 11.0. The predicted octanol–water partition coefficient (Wildman–Crippen LogP) is 4.39. The second-order valence-corrected chi connectivity index (χ2v) is 9.64. The lowest BCUT2D eigenvalue weighted by Crippen LogP contribution is -2.42. The van der Waals surface area contributed by atoms with Crippen molar-refractivity contribution >= 4 is 11.9 Å². The van der Waals surface area contributed by atoms with E-state index in [0.29, 0.717) is 31.1 Å². The quantitative estimate of drug-likeness (QED) is 0.476. The molecule has 8 heteroatoms. The molecule has 0 bridgehead atoms. The highest BCUT2D eigenvalue weighted by atomic mass is 16.7. The number of carbonyl (C=O) groups excluding carboxylic acids is 1. The van der Waals surface area contributed by atoms with E-state index in [4.69, 9.17) is 9.47 Å². The van der Waals surface area contributed by atoms with Crippen LogP contribution in [-0.2, 0) is 9.59 Å². The zero-order chi connectivity index (χ0) is 25.7. The molecule has 3 unspecified atom stereocenters. The van der Waals surface area contributed by atoms with Crippen LogP contribution in [0.5, 0.6) is 17.2 Å². The van der Waals surface area contributed by atoms with Crippen molar-refractivity contribution < 1.29 is 29.3 Å². The number of rotatable bonds is 11. The van der Waals surface area contributed by atoms with Gasteiger partial charge in [-0.25, -0.2) is 0 Å². The predicted molar refractivity (Wildman–Crippen MR) is 135 cm³/mol. The first-order valence-corrected chi connectivity index (χ1v) is 12.9. The Bertz CT molecular complexity index is 1050. The summed E-state index contributed by atoms with van der Waals surface area (Å²) in [6, 6.07) is 11.7. The summed E-state index contributed by atoms with van der Waals surface area (Å²) in [7, 11) is 0. The highest BCUT2D eigenvalue weighted by Crippen LogP contribution is 2.47. The first-order chi connectivity index (χ1) is 17.4. The number of hydrogen-bond donors (Lipinski definition) is 2. The van der Waals surface area contributed by atoms with Gasteiger partial charge in [0, 0.05) is 31.6 Å². The van der Waals surface area contributed by atoms with Crippen molar-refractivity contribution in [2.45, 2.75) is 51.5 Å². The van der Waals surface area contributed by atoms with E-state index in [2.05, 4.69) is 13.8 Å². The number of phenols is 1. The molecule has 1 saturated heterocycles. The summed E-state index contributed by atoms with van der Waals surface area (Å²) in [5.74, 6) is -0.642. The van der Waals surface area contributed by atoms with Crippen LogP contribution in [-0.4, -0.2) is 64.9 Å². The maximum atomic E-state index is 13.5. The molecular weight excluding hydrogens is 460 g/mol. The third-order valence-electron chi connectivity index (χ3n) is 7.20. The van der Waals surface area contributed by atoms with E-state index >= 15 is 0 Å². The van der Waals surface area contributed by atoms with Gasteiger partial charge in [-0.2, -0.15) is 0 Å². The number of nitrogens with zero attached hydrogens (tertiary/aromatic N) is 2. The maximum absolute atomic E-state index is 13.5. The third-order valence-corrected chi connectivity index (χ3v) is 7.20. The van der Waals surface area contributed by atoms with Crippen molar-refractivity contribution in [3.63, 3.8) is 0 Å². The zero-order valence-electron chi connectivity index (χ0n) is 21.1. The van der Waals surface area contributed by atoms with E-state index in [1.807, 2.05) is 28.0 Å². The molecule has 0 saturated carbocycles. The average molecular weight is 497 g/mol. The van der Waals surface area contributed by atoms with Gasteiger partial charge >= 0.3 is 5.97 Å². The fraction of sp³-hybridized carbons (Fsp3) is 0.500. The SMILES string of the molecule is CCCCN(CCCC)C(=O)CN1CC(c2ccc3c(c2)OCO3)C(C(=O)O)C1c1ccc(O)cc1. The Morgan fingerprint density at radius 3 is 2.25 bits per heavy atom. The van der Waals surface area contributed by atoms with Gasteiger partial charge in [-0.3, -0.25) is 14.5 Å². The topological polar surface area (TPSA) is 99.5 Å². The van der Waals surface area contributed by atoms with Crippen LogP contribution in [0.15, 0.2) is 42.5 Å². The second kappa shape index (κ2) is 11.6. The van der Waals surface area contributed by atoms with E-state index in [0.717, 1.165) is 36.8 Å². The third kappa shape index (κ3) is 5.59. The number of aromatic hydroxyl groups is 1. The summed E-state index contributed by atoms with van der Waals surface area (Å²) in [5.41, 5.74) is 1.61. The normalized spacial score (nSPS) is 21.0. The van der Waals surface area contributed by atoms with Gasteiger partial charge in [0.2, 0.25) is 12.7 Å². The lowest BCUT2D eigenvalue weighted by atomic mass is 9.82. The molecule has 2 aliphatic heterocycles. The lowest BCUT2D eigenvalue weighted by Gasteiger charge is -2.30. The van der Waals surface area contributed by atoms with Gasteiger partial charge in [0.25, 0.3) is 0 Å². The summed E-state index contributed by atoms with van der Waals surface area (Å²) in [6.07, 6.45) is 3.88. The smallest absolute Gasteiger partial charge is 0.309 e. The number of hydrogen-bond acceptors (Lipinski definition) is 6. The summed E-state index contributed by atoms with van der Waals surface area (Å²) in [6.45, 7) is 6.34. The molecule has 2 aliphatic rings. The van der Waals surface area contributed by atoms with E-state index in [1.165, 1.54) is 0 Å². The average Bonchev–Trinajstić information content (AvgIpc) is 3.49. The fourth-order valence-electron chi connectivity index (χ4n) is 5.28. The molecule has 0 aliphatic carbocycles. The Labute approximate surface area is 212 Å². The van der Waals surface area contributed by atoms with Crippen LogP contribution in [0.1, 0.15) is 62.6 Å². The lowest BCUT2D eigenvalue weighted by molar-refractivity contribution is -0.144. The fourth-order valence-corrected chi connectivity index (χ4v) is 5.28. The number of carboxylic acid groups (broad SMARTS) is 1. The van der Waals surface area contributed by atoms with Crippen molar-refractivity contribution in [2.24, 2.45) is 5.92 Å². The van der Waals surface area contributed by atoms with Gasteiger partial charge < -0.3 is 24.6 Å². The number of amides is 1. The summed E-state index contributed by atoms with van der Waals surface area (Å²) >= 11 is 0. The second-order valence-electron chi connectivity index (χ2n) is 9.64. The minimum absolute atomic E-state index is 0.0242. The van der Waals surface area contributed by atoms with Gasteiger partial charge in [0.05, 0.1) is 12.5 Å². The number of ether oxygens (including phenoxy) is 2. The van der Waals surface area contributed by atoms with Crippen LogP contribution < -0.4 is 9.47 Å². The summed E-state index contributed by atoms with van der Waals surface area (Å²) in [4.78, 5) is 30.1. The van der Waals surface area contributed by atoms with Crippen LogP contribution >= 0.6 is 0 Å². The van der Waals surface area contributed by atoms with Gasteiger partial charge in [-0.1, -0.05) is 44.9 Å². The molecular formula is C28H36N2O6. The number of carboxylic acids is 1. The van der Waals surface area contributed by atoms with Gasteiger partial charge in [0.1, 0.15) is 5.75 Å². The minimum atomic E-state index is -0.917. The number of unbranched alkanes of at least 4 members (excludes halogenated alkanes) is 2. The largest absolute Gasteiger partial charge is 0.508 e. The molecule has 194 valence electrons. The van der Waals surface area contributed by atoms with Crippen molar-refractivity contribution in [2.75, 3.05) is 33.0 Å². The zero-order valence-corrected chi connectivity index (χ0v) is 21.1. The minimum Gasteiger partial charge on any atom is -0.508 e. The number of aliphatic carboxylic acids is 1. The van der Waals surface area contributed by atoms with Crippen LogP contribution in [0, 0.1) is 5.92 Å². The van der Waals surface area contributed by atoms with Crippen molar-refractivity contribution in [3.05, 3.63) is 53.6 Å². The highest BCUT2D eigenvalue weighted by Gasteiger charge is 2.48. The summed E-state index contributed by atoms with van der Waals surface area (Å²) in [5, 5.41) is 20.2. The Hall–Kier alpha value is -3.26. The molecule has 2 heterocycles. The Morgan fingerprint density at radius 2 is 1.61 bits per heavy atom. The van der Waals surface area contributed by atoms with E-state index in [-0.39, 0.29) is 30.9 Å². The molecule has 2 N–H and O–H groups in total. The Kier molecular flexibility index (Phi) is 8.36. The number of phenolic OH excluding ortho intramolecular Hbond substituents is 1. The molecule has 2 aromatic carbocycles. The molecule has 0 aromatic heterocycles. The van der Waals surface area contributed by atoms with E-state index in [1.54, 1.807) is 24.3 Å². The van der Waals surface area contributed by atoms with Gasteiger partial charge in [-0.15, -0.1) is 0 Å². The van der Waals surface area contributed by atoms with E-state index in [9.17, 15) is 19.8 Å². The molecule has 1 fully saturated rings. The van der Waals surface area contributed by atoms with Crippen molar-refractivity contribution in [1.82, 2.24) is 9.80 Å². The van der Waals surface area contributed by atoms with Gasteiger partial charge in [-0.05, 0) is 48.2 Å². The first-order valence-electron chi connectivity index (χ1n) is 12.9. The maximum Gasteiger partial charge on any atom is 0.309 e. The molecule has 0 radical (unpaired) electrons. The van der Waals surface area contributed by atoms with Crippen molar-refractivity contribution in [3.8, 4) is 17.2 Å². The van der Waals surface area contributed by atoms with Crippen LogP contribution in [0.2, 0.25) is 0 Å². The molecule has 4 rings (SSSR count). The number of fused-ring (bicyclic) bond motifs is 1. The van der Waals surface area contributed by atoms with E-state index < -0.39 is 17.9 Å². The Balaban J connectivity index is 1.66. The molecule has 36 heavy (non-hydrogen) atoms. The first kappa shape index (κ1) is 25.8. The van der Waals surface area contributed by atoms with Gasteiger partial charge in [0.15, 0.2) is 11.5 Å². The monoisotopic (exact) mass is 496 g/mol. The highest BCUT2D eigenvalue weighted by molar-refractivity contribution is 5.79. The van der Waals surface area contributed by atoms with Crippen LogP contribution in [0.4, 0.5) is 0 Å². The molecule has 8 nitrogen and oxygen atoms in total. The molecule has 2 aromatic rings. The number of carbonyl (C=O) groups is 2. The molecule has 3 atom stereocenters. The number of likely N-dealkylation sites (tertiary alicyclic amines) is 1.